The van der Waals surface area contributed by atoms with Crippen LogP contribution in [0.3, 0.4) is 0 Å². The maximum Gasteiger partial charge on any atom is -0.0157 e. The van der Waals surface area contributed by atoms with Gasteiger partial charge in [-0.25, -0.2) is 0 Å². The number of hydrogen-bond donors (Lipinski definition) is 0. The fourth-order valence-corrected chi connectivity index (χ4v) is 1.71. The van der Waals surface area contributed by atoms with E-state index in [2.05, 4.69) is 31.0 Å². The van der Waals surface area contributed by atoms with E-state index >= 15 is 0 Å². The van der Waals surface area contributed by atoms with Gasteiger partial charge in [0.15, 0.2) is 0 Å². The summed E-state index contributed by atoms with van der Waals surface area (Å²) in [6, 6.07) is 0. The Morgan fingerprint density at radius 2 is 1.64 bits per heavy atom. The average Bonchev–Trinajstić information content (AvgIpc) is 2.07. The summed E-state index contributed by atoms with van der Waals surface area (Å²) < 4.78 is 0. The van der Waals surface area contributed by atoms with Crippen LogP contribution in [0, 0.1) is 11.8 Å². The maximum atomic E-state index is 3.82. The molecule has 0 aromatic heterocycles. The fraction of sp³-hybridized carbons (Fsp3) is 0.545. The van der Waals surface area contributed by atoms with Gasteiger partial charge in [0, 0.05) is 0 Å². The van der Waals surface area contributed by atoms with E-state index in [1.807, 2.05) is 0 Å². The van der Waals surface area contributed by atoms with Crippen LogP contribution in [0.5, 0.6) is 0 Å². The van der Waals surface area contributed by atoms with E-state index in [1.165, 1.54) is 25.7 Å². The Bertz CT molecular complexity index is 164. The van der Waals surface area contributed by atoms with Crippen LogP contribution >= 0.6 is 0 Å². The normalized spacial score (nSPS) is 30.5. The first-order chi connectivity index (χ1) is 5.36. The molecule has 0 N–H and O–H groups in total. The summed E-state index contributed by atoms with van der Waals surface area (Å²) in [4.78, 5) is 0. The van der Waals surface area contributed by atoms with Crippen molar-refractivity contribution in [3.63, 3.8) is 0 Å². The minimum atomic E-state index is 0.740. The molecule has 0 nitrogen and oxygen atoms in total. The van der Waals surface area contributed by atoms with Crippen LogP contribution in [0.1, 0.15) is 25.7 Å². The monoisotopic (exact) mass is 148 g/mol. The van der Waals surface area contributed by atoms with Crippen molar-refractivity contribution in [3.8, 4) is 0 Å². The Morgan fingerprint density at radius 3 is 2.09 bits per heavy atom. The molecule has 0 aromatic rings. The quantitative estimate of drug-likeness (QED) is 0.416. The molecule has 0 heterocycles. The van der Waals surface area contributed by atoms with Gasteiger partial charge in [-0.3, -0.25) is 0 Å². The molecule has 0 bridgehead atoms. The molecule has 0 aromatic carbocycles. The lowest BCUT2D eigenvalue weighted by Crippen LogP contribution is -2.10. The van der Waals surface area contributed by atoms with Crippen LogP contribution in [0.2, 0.25) is 0 Å². The van der Waals surface area contributed by atoms with Gasteiger partial charge in [-0.1, -0.05) is 12.7 Å². The summed E-state index contributed by atoms with van der Waals surface area (Å²) >= 11 is 0. The highest BCUT2D eigenvalue weighted by atomic mass is 14.2. The Balaban J connectivity index is 2.35. The molecule has 0 radical (unpaired) electrons. The molecule has 11 heavy (non-hydrogen) atoms. The second-order valence-electron chi connectivity index (χ2n) is 3.28. The van der Waals surface area contributed by atoms with E-state index < -0.39 is 0 Å². The van der Waals surface area contributed by atoms with E-state index in [0.717, 1.165) is 11.8 Å². The largest absolute Gasteiger partial charge is 0.133 e. The van der Waals surface area contributed by atoms with Crippen molar-refractivity contribution in [3.05, 3.63) is 31.0 Å². The van der Waals surface area contributed by atoms with Crippen LogP contribution in [-0.4, -0.2) is 0 Å². The Hall–Kier alpha value is -0.740. The lowest BCUT2D eigenvalue weighted by atomic mass is 9.82. The van der Waals surface area contributed by atoms with E-state index in [0.29, 0.717) is 0 Å². The molecule has 0 spiro atoms. The molecule has 1 rings (SSSR count). The molecular formula is C11H16. The lowest BCUT2D eigenvalue weighted by Gasteiger charge is -2.23. The van der Waals surface area contributed by atoms with Gasteiger partial charge in [0.05, 0.1) is 0 Å². The van der Waals surface area contributed by atoms with Crippen molar-refractivity contribution in [2.75, 3.05) is 0 Å². The minimum Gasteiger partial charge on any atom is -0.133 e. The van der Waals surface area contributed by atoms with Gasteiger partial charge >= 0.3 is 0 Å². The Morgan fingerprint density at radius 1 is 1.09 bits per heavy atom. The third-order valence-corrected chi connectivity index (χ3v) is 2.50. The zero-order valence-corrected chi connectivity index (χ0v) is 7.05. The third-order valence-electron chi connectivity index (χ3n) is 2.50. The Kier molecular flexibility index (Phi) is 3.19. The summed E-state index contributed by atoms with van der Waals surface area (Å²) in [5.74, 6) is 1.51. The first-order valence-corrected chi connectivity index (χ1v) is 4.35. The van der Waals surface area contributed by atoms with Crippen LogP contribution in [-0.2, 0) is 0 Å². The van der Waals surface area contributed by atoms with Crippen LogP contribution < -0.4 is 0 Å². The fourth-order valence-electron chi connectivity index (χ4n) is 1.71. The van der Waals surface area contributed by atoms with Gasteiger partial charge in [0.1, 0.15) is 0 Å². The highest BCUT2D eigenvalue weighted by Gasteiger charge is 2.16. The summed E-state index contributed by atoms with van der Waals surface area (Å²) in [5.41, 5.74) is 2.87. The van der Waals surface area contributed by atoms with Gasteiger partial charge in [-0.15, -0.1) is 12.3 Å². The molecule has 0 aliphatic heterocycles. The molecule has 1 aliphatic rings. The first kappa shape index (κ1) is 8.36. The molecule has 0 saturated heterocycles. The number of rotatable bonds is 2. The zero-order valence-electron chi connectivity index (χ0n) is 7.05. The summed E-state index contributed by atoms with van der Waals surface area (Å²) in [6.07, 6.45) is 9.38. The molecule has 0 amide bonds. The predicted octanol–water partition coefficient (Wildman–Crippen LogP) is 3.32. The van der Waals surface area contributed by atoms with Crippen molar-refractivity contribution >= 4 is 0 Å². The summed E-state index contributed by atoms with van der Waals surface area (Å²) in [5, 5.41) is 0. The van der Waals surface area contributed by atoms with E-state index in [4.69, 9.17) is 0 Å². The van der Waals surface area contributed by atoms with Crippen molar-refractivity contribution in [1.82, 2.24) is 0 Å². The molecule has 0 atom stereocenters. The molecule has 0 heteroatoms. The molecule has 1 aliphatic carbocycles. The smallest absolute Gasteiger partial charge is 0.0157 e. The van der Waals surface area contributed by atoms with Gasteiger partial charge in [0.25, 0.3) is 0 Å². The van der Waals surface area contributed by atoms with E-state index in [1.54, 1.807) is 0 Å². The van der Waals surface area contributed by atoms with Gasteiger partial charge < -0.3 is 0 Å². The SMILES string of the molecule is C=C=CC1CCC(C=C)CC1. The maximum absolute atomic E-state index is 3.82. The second kappa shape index (κ2) is 4.20. The molecule has 0 unspecified atom stereocenters. The topological polar surface area (TPSA) is 0 Å². The number of allylic oxidation sites excluding steroid dienone is 2. The van der Waals surface area contributed by atoms with Crippen molar-refractivity contribution < 1.29 is 0 Å². The van der Waals surface area contributed by atoms with E-state index in [-0.39, 0.29) is 0 Å². The van der Waals surface area contributed by atoms with Crippen molar-refractivity contribution in [2.24, 2.45) is 11.8 Å². The molecule has 1 fully saturated rings. The molecule has 1 saturated carbocycles. The highest BCUT2D eigenvalue weighted by Crippen LogP contribution is 2.29. The van der Waals surface area contributed by atoms with Gasteiger partial charge in [0.2, 0.25) is 0 Å². The summed E-state index contributed by atoms with van der Waals surface area (Å²) in [7, 11) is 0. The molecule has 60 valence electrons. The predicted molar refractivity (Wildman–Crippen MR) is 49.4 cm³/mol. The minimum absolute atomic E-state index is 0.740. The standard InChI is InChI=1S/C11H16/c1-3-5-11-8-6-10(4-2)7-9-11/h4-5,10-11H,1-2,6-9H2. The summed E-state index contributed by atoms with van der Waals surface area (Å²) in [6.45, 7) is 7.41. The average molecular weight is 148 g/mol. The van der Waals surface area contributed by atoms with E-state index in [9.17, 15) is 0 Å². The Labute approximate surface area is 69.3 Å². The van der Waals surface area contributed by atoms with Crippen LogP contribution in [0.4, 0.5) is 0 Å². The molecular weight excluding hydrogens is 132 g/mol. The van der Waals surface area contributed by atoms with Crippen molar-refractivity contribution in [2.45, 2.75) is 25.7 Å². The van der Waals surface area contributed by atoms with Gasteiger partial charge in [-0.2, -0.15) is 0 Å². The zero-order chi connectivity index (χ0) is 8.10. The number of hydrogen-bond acceptors (Lipinski definition) is 0. The lowest BCUT2D eigenvalue weighted by molar-refractivity contribution is 0.357. The second-order valence-corrected chi connectivity index (χ2v) is 3.28. The van der Waals surface area contributed by atoms with Crippen LogP contribution in [0.15, 0.2) is 31.0 Å². The third kappa shape index (κ3) is 2.40. The van der Waals surface area contributed by atoms with Crippen molar-refractivity contribution in [1.29, 1.82) is 0 Å². The van der Waals surface area contributed by atoms with Gasteiger partial charge in [-0.05, 0) is 43.6 Å². The highest BCUT2D eigenvalue weighted by molar-refractivity contribution is 4.91. The van der Waals surface area contributed by atoms with Crippen LogP contribution in [0.25, 0.3) is 0 Å². The first-order valence-electron chi connectivity index (χ1n) is 4.35.